The van der Waals surface area contributed by atoms with Crippen molar-refractivity contribution in [2.75, 3.05) is 6.54 Å². The Balaban J connectivity index is 1.93. The molecule has 1 N–H and O–H groups in total. The van der Waals surface area contributed by atoms with Gasteiger partial charge in [0.2, 0.25) is 11.8 Å². The van der Waals surface area contributed by atoms with E-state index < -0.39 is 0 Å². The second-order valence-corrected chi connectivity index (χ2v) is 8.63. The fourth-order valence-electron chi connectivity index (χ4n) is 3.36. The lowest BCUT2D eigenvalue weighted by atomic mass is 9.86. The monoisotopic (exact) mass is 412 g/mol. The SMILES string of the molecule is CC(C)(C)c1ccc(C(=CCCN2C(=O)CCC2=O)c2ccc(Cl)c(=O)[nH]2)cc1. The van der Waals surface area contributed by atoms with E-state index in [-0.39, 0.29) is 40.7 Å². The third-order valence-electron chi connectivity index (χ3n) is 5.07. The molecule has 2 heterocycles. The van der Waals surface area contributed by atoms with Gasteiger partial charge in [0.05, 0.1) is 0 Å². The molecule has 6 heteroatoms. The second kappa shape index (κ2) is 8.37. The van der Waals surface area contributed by atoms with Crippen LogP contribution in [0.15, 0.2) is 47.3 Å². The number of aromatic amines is 1. The van der Waals surface area contributed by atoms with Crippen molar-refractivity contribution in [2.45, 2.75) is 45.4 Å². The van der Waals surface area contributed by atoms with E-state index in [2.05, 4.69) is 37.9 Å². The molecule has 152 valence electrons. The number of carbonyl (C=O) groups excluding carboxylic acids is 2. The first kappa shape index (κ1) is 21.1. The molecule has 29 heavy (non-hydrogen) atoms. The second-order valence-electron chi connectivity index (χ2n) is 8.22. The van der Waals surface area contributed by atoms with Crippen molar-refractivity contribution in [1.29, 1.82) is 0 Å². The van der Waals surface area contributed by atoms with Crippen LogP contribution in [0.2, 0.25) is 5.02 Å². The first-order valence-corrected chi connectivity index (χ1v) is 10.1. The van der Waals surface area contributed by atoms with Crippen molar-refractivity contribution in [3.8, 4) is 0 Å². The van der Waals surface area contributed by atoms with E-state index >= 15 is 0 Å². The smallest absolute Gasteiger partial charge is 0.267 e. The fraction of sp³-hybridized carbons (Fsp3) is 0.348. The molecular formula is C23H25ClN2O3. The zero-order valence-electron chi connectivity index (χ0n) is 16.9. The Hall–Kier alpha value is -2.66. The van der Waals surface area contributed by atoms with Gasteiger partial charge in [0.15, 0.2) is 0 Å². The number of hydrogen-bond donors (Lipinski definition) is 1. The van der Waals surface area contributed by atoms with Gasteiger partial charge in [-0.2, -0.15) is 0 Å². The zero-order chi connectivity index (χ0) is 21.2. The Morgan fingerprint density at radius 3 is 2.21 bits per heavy atom. The third-order valence-corrected chi connectivity index (χ3v) is 5.37. The molecule has 3 rings (SSSR count). The average molecular weight is 413 g/mol. The van der Waals surface area contributed by atoms with Crippen molar-refractivity contribution in [2.24, 2.45) is 0 Å². The predicted molar refractivity (Wildman–Crippen MR) is 115 cm³/mol. The largest absolute Gasteiger partial charge is 0.321 e. The topological polar surface area (TPSA) is 70.2 Å². The van der Waals surface area contributed by atoms with Crippen LogP contribution in [0.5, 0.6) is 0 Å². The summed E-state index contributed by atoms with van der Waals surface area (Å²) in [4.78, 5) is 39.8. The lowest BCUT2D eigenvalue weighted by Crippen LogP contribution is -2.29. The van der Waals surface area contributed by atoms with Gasteiger partial charge in [-0.1, -0.05) is 62.7 Å². The number of hydrogen-bond acceptors (Lipinski definition) is 3. The molecule has 0 radical (unpaired) electrons. The van der Waals surface area contributed by atoms with E-state index in [1.165, 1.54) is 10.5 Å². The molecule has 1 aliphatic rings. The van der Waals surface area contributed by atoms with Crippen LogP contribution < -0.4 is 5.56 Å². The lowest BCUT2D eigenvalue weighted by molar-refractivity contribution is -0.138. The van der Waals surface area contributed by atoms with Gasteiger partial charge in [0, 0.05) is 30.7 Å². The maximum absolute atomic E-state index is 12.0. The van der Waals surface area contributed by atoms with E-state index in [4.69, 9.17) is 11.6 Å². The summed E-state index contributed by atoms with van der Waals surface area (Å²) in [6.07, 6.45) is 3.02. The van der Waals surface area contributed by atoms with Crippen molar-refractivity contribution in [1.82, 2.24) is 9.88 Å². The minimum absolute atomic E-state index is 0.0352. The van der Waals surface area contributed by atoms with Gasteiger partial charge >= 0.3 is 0 Å². The number of rotatable bonds is 5. The molecule has 0 unspecified atom stereocenters. The van der Waals surface area contributed by atoms with Crippen molar-refractivity contribution < 1.29 is 9.59 Å². The maximum atomic E-state index is 12.0. The Morgan fingerprint density at radius 2 is 1.66 bits per heavy atom. The normalized spacial score (nSPS) is 15.3. The molecule has 1 fully saturated rings. The quantitative estimate of drug-likeness (QED) is 0.744. The first-order chi connectivity index (χ1) is 13.7. The third kappa shape index (κ3) is 4.85. The molecule has 5 nitrogen and oxygen atoms in total. The van der Waals surface area contributed by atoms with Gasteiger partial charge in [0.1, 0.15) is 5.02 Å². The average Bonchev–Trinajstić information content (AvgIpc) is 2.99. The molecule has 0 aliphatic carbocycles. The number of H-pyrrole nitrogens is 1. The van der Waals surface area contributed by atoms with Crippen molar-refractivity contribution >= 4 is 29.0 Å². The summed E-state index contributed by atoms with van der Waals surface area (Å²) in [5.41, 5.74) is 3.30. The van der Waals surface area contributed by atoms with E-state index in [0.29, 0.717) is 18.7 Å². The summed E-state index contributed by atoms with van der Waals surface area (Å²) >= 11 is 5.88. The van der Waals surface area contributed by atoms with Crippen LogP contribution in [0.25, 0.3) is 5.57 Å². The molecule has 1 aromatic carbocycles. The highest BCUT2D eigenvalue weighted by Crippen LogP contribution is 2.27. The van der Waals surface area contributed by atoms with E-state index in [9.17, 15) is 14.4 Å². The van der Waals surface area contributed by atoms with Crippen LogP contribution in [0, 0.1) is 0 Å². The zero-order valence-corrected chi connectivity index (χ0v) is 17.7. The van der Waals surface area contributed by atoms with E-state index in [1.54, 1.807) is 12.1 Å². The van der Waals surface area contributed by atoms with Crippen molar-refractivity contribution in [3.63, 3.8) is 0 Å². The van der Waals surface area contributed by atoms with Crippen LogP contribution in [-0.4, -0.2) is 28.2 Å². The molecule has 0 spiro atoms. The number of halogens is 1. The van der Waals surface area contributed by atoms with Gasteiger partial charge in [-0.05, 0) is 35.1 Å². The van der Waals surface area contributed by atoms with Crippen LogP contribution >= 0.6 is 11.6 Å². The number of aromatic nitrogens is 1. The van der Waals surface area contributed by atoms with Gasteiger partial charge < -0.3 is 4.98 Å². The van der Waals surface area contributed by atoms with Gasteiger partial charge in [0.25, 0.3) is 5.56 Å². The van der Waals surface area contributed by atoms with Crippen LogP contribution in [-0.2, 0) is 15.0 Å². The molecule has 1 aromatic heterocycles. The number of carbonyl (C=O) groups is 2. The van der Waals surface area contributed by atoms with Crippen LogP contribution in [0.1, 0.15) is 56.9 Å². The summed E-state index contributed by atoms with van der Waals surface area (Å²) in [7, 11) is 0. The van der Waals surface area contributed by atoms with Gasteiger partial charge in [-0.15, -0.1) is 0 Å². The number of imide groups is 1. The van der Waals surface area contributed by atoms with Crippen molar-refractivity contribution in [3.05, 3.63) is 74.7 Å². The van der Waals surface area contributed by atoms with Crippen LogP contribution in [0.3, 0.4) is 0 Å². The molecule has 2 aromatic rings. The highest BCUT2D eigenvalue weighted by molar-refractivity contribution is 6.30. The molecule has 0 atom stereocenters. The predicted octanol–water partition coefficient (Wildman–Crippen LogP) is 4.30. The molecule has 1 saturated heterocycles. The van der Waals surface area contributed by atoms with Gasteiger partial charge in [-0.3, -0.25) is 19.3 Å². The number of likely N-dealkylation sites (tertiary alicyclic amines) is 1. The Bertz CT molecular complexity index is 998. The molecule has 0 bridgehead atoms. The number of amides is 2. The standard InChI is InChI=1S/C23H25ClN2O3/c1-23(2,3)16-8-6-15(7-9-16)17(19-11-10-18(24)22(29)25-19)5-4-14-26-20(27)12-13-21(26)28/h5-11H,4,12-14H2,1-3H3,(H,25,29). The minimum atomic E-state index is -0.355. The van der Waals surface area contributed by atoms with E-state index in [0.717, 1.165) is 11.1 Å². The summed E-state index contributed by atoms with van der Waals surface area (Å²) < 4.78 is 0. The highest BCUT2D eigenvalue weighted by Gasteiger charge is 2.27. The summed E-state index contributed by atoms with van der Waals surface area (Å²) in [5.74, 6) is -0.251. The summed E-state index contributed by atoms with van der Waals surface area (Å²) in [5, 5.41) is 0.129. The number of benzene rings is 1. The highest BCUT2D eigenvalue weighted by atomic mass is 35.5. The maximum Gasteiger partial charge on any atom is 0.267 e. The van der Waals surface area contributed by atoms with E-state index in [1.807, 2.05) is 18.2 Å². The first-order valence-electron chi connectivity index (χ1n) is 9.70. The summed E-state index contributed by atoms with van der Waals surface area (Å²) in [6.45, 7) is 6.79. The molecular weight excluding hydrogens is 388 g/mol. The Labute approximate surface area is 175 Å². The molecule has 1 aliphatic heterocycles. The number of nitrogens with one attached hydrogen (secondary N) is 1. The lowest BCUT2D eigenvalue weighted by Gasteiger charge is -2.19. The Morgan fingerprint density at radius 1 is 1.03 bits per heavy atom. The molecule has 2 amide bonds. The summed E-state index contributed by atoms with van der Waals surface area (Å²) in [6, 6.07) is 11.5. The van der Waals surface area contributed by atoms with Gasteiger partial charge in [-0.25, -0.2) is 0 Å². The number of nitrogens with zero attached hydrogens (tertiary/aromatic N) is 1. The fourth-order valence-corrected chi connectivity index (χ4v) is 3.47. The number of pyridine rings is 1. The molecule has 0 saturated carbocycles. The Kier molecular flexibility index (Phi) is 6.08. The minimum Gasteiger partial charge on any atom is -0.321 e. The van der Waals surface area contributed by atoms with Crippen LogP contribution in [0.4, 0.5) is 0 Å².